The van der Waals surface area contributed by atoms with E-state index in [4.69, 9.17) is 4.74 Å². The van der Waals surface area contributed by atoms with Crippen LogP contribution in [0.2, 0.25) is 0 Å². The van der Waals surface area contributed by atoms with Crippen LogP contribution in [-0.2, 0) is 0 Å². The van der Waals surface area contributed by atoms with Gasteiger partial charge in [0.1, 0.15) is 5.75 Å². The molecule has 0 radical (unpaired) electrons. The molecule has 1 aromatic heterocycles. The standard InChI is InChI=1S/C20H21N3OS/c1-3-13-24-18-11-9-16(10-12-18)14-21-23-20-22-19(15(2)25-20)17-7-5-4-6-8-17/h4-12,14H,3,13H2,1-2H3,(H,22,23)/b21-14+. The number of nitrogens with zero attached hydrogens (tertiary/aromatic N) is 2. The number of aryl methyl sites for hydroxylation is 1. The molecule has 0 saturated heterocycles. The van der Waals surface area contributed by atoms with Crippen LogP contribution in [0.25, 0.3) is 11.3 Å². The number of rotatable bonds is 7. The quantitative estimate of drug-likeness (QED) is 0.461. The Morgan fingerprint density at radius 3 is 2.60 bits per heavy atom. The Labute approximate surface area is 152 Å². The number of ether oxygens (including phenoxy) is 1. The fourth-order valence-corrected chi connectivity index (χ4v) is 3.13. The predicted octanol–water partition coefficient (Wildman–Crippen LogP) is 5.35. The zero-order valence-electron chi connectivity index (χ0n) is 14.4. The molecule has 1 N–H and O–H groups in total. The highest BCUT2D eigenvalue weighted by atomic mass is 32.1. The van der Waals surface area contributed by atoms with Gasteiger partial charge in [-0.05, 0) is 43.2 Å². The maximum atomic E-state index is 5.57. The van der Waals surface area contributed by atoms with E-state index in [1.165, 1.54) is 4.88 Å². The minimum Gasteiger partial charge on any atom is -0.494 e. The second kappa shape index (κ2) is 8.44. The van der Waals surface area contributed by atoms with Gasteiger partial charge in [-0.1, -0.05) is 37.3 Å². The number of anilines is 1. The average Bonchev–Trinajstić information content (AvgIpc) is 3.02. The molecule has 0 unspecified atom stereocenters. The monoisotopic (exact) mass is 351 g/mol. The Bertz CT molecular complexity index is 826. The zero-order valence-corrected chi connectivity index (χ0v) is 15.2. The van der Waals surface area contributed by atoms with E-state index < -0.39 is 0 Å². The third kappa shape index (κ3) is 4.67. The van der Waals surface area contributed by atoms with E-state index in [0.717, 1.165) is 40.7 Å². The van der Waals surface area contributed by atoms with Crippen LogP contribution in [0.3, 0.4) is 0 Å². The normalized spacial score (nSPS) is 11.0. The number of hydrazone groups is 1. The van der Waals surface area contributed by atoms with Gasteiger partial charge in [-0.15, -0.1) is 11.3 Å². The molecule has 0 spiro atoms. The number of benzene rings is 2. The summed E-state index contributed by atoms with van der Waals surface area (Å²) in [7, 11) is 0. The second-order valence-electron chi connectivity index (χ2n) is 5.58. The van der Waals surface area contributed by atoms with Crippen molar-refractivity contribution in [1.29, 1.82) is 0 Å². The Morgan fingerprint density at radius 1 is 1.12 bits per heavy atom. The first-order valence-electron chi connectivity index (χ1n) is 8.31. The number of hydrogen-bond donors (Lipinski definition) is 1. The second-order valence-corrected chi connectivity index (χ2v) is 6.78. The number of hydrogen-bond acceptors (Lipinski definition) is 5. The van der Waals surface area contributed by atoms with Gasteiger partial charge >= 0.3 is 0 Å². The van der Waals surface area contributed by atoms with Crippen LogP contribution in [0, 0.1) is 6.92 Å². The van der Waals surface area contributed by atoms with Crippen LogP contribution in [0.5, 0.6) is 5.75 Å². The lowest BCUT2D eigenvalue weighted by atomic mass is 10.1. The maximum Gasteiger partial charge on any atom is 0.204 e. The van der Waals surface area contributed by atoms with Gasteiger partial charge in [-0.2, -0.15) is 5.10 Å². The number of nitrogens with one attached hydrogen (secondary N) is 1. The minimum atomic E-state index is 0.738. The van der Waals surface area contributed by atoms with Crippen LogP contribution >= 0.6 is 11.3 Å². The Kier molecular flexibility index (Phi) is 5.80. The molecular formula is C20H21N3OS. The van der Waals surface area contributed by atoms with Gasteiger partial charge in [-0.25, -0.2) is 4.98 Å². The summed E-state index contributed by atoms with van der Waals surface area (Å²) in [5.74, 6) is 0.884. The van der Waals surface area contributed by atoms with Crippen molar-refractivity contribution >= 4 is 22.7 Å². The summed E-state index contributed by atoms with van der Waals surface area (Å²) in [4.78, 5) is 5.80. The molecule has 25 heavy (non-hydrogen) atoms. The van der Waals surface area contributed by atoms with E-state index in [2.05, 4.69) is 41.5 Å². The van der Waals surface area contributed by atoms with E-state index in [1.54, 1.807) is 17.6 Å². The van der Waals surface area contributed by atoms with Crippen molar-refractivity contribution in [2.45, 2.75) is 20.3 Å². The van der Waals surface area contributed by atoms with Crippen molar-refractivity contribution in [2.75, 3.05) is 12.0 Å². The highest BCUT2D eigenvalue weighted by molar-refractivity contribution is 7.15. The fraction of sp³-hybridized carbons (Fsp3) is 0.200. The Balaban J connectivity index is 1.63. The predicted molar refractivity (Wildman–Crippen MR) is 106 cm³/mol. The van der Waals surface area contributed by atoms with Crippen LogP contribution in [0.1, 0.15) is 23.8 Å². The Hall–Kier alpha value is -2.66. The number of aromatic nitrogens is 1. The summed E-state index contributed by atoms with van der Waals surface area (Å²) in [5.41, 5.74) is 6.15. The van der Waals surface area contributed by atoms with Crippen LogP contribution in [-0.4, -0.2) is 17.8 Å². The lowest BCUT2D eigenvalue weighted by Crippen LogP contribution is -1.95. The topological polar surface area (TPSA) is 46.5 Å². The lowest BCUT2D eigenvalue weighted by Gasteiger charge is -2.03. The van der Waals surface area contributed by atoms with Gasteiger partial charge < -0.3 is 4.74 Å². The van der Waals surface area contributed by atoms with Gasteiger partial charge in [0.05, 0.1) is 18.5 Å². The summed E-state index contributed by atoms with van der Waals surface area (Å²) in [5, 5.41) is 5.07. The molecule has 0 bridgehead atoms. The smallest absolute Gasteiger partial charge is 0.204 e. The molecule has 4 nitrogen and oxygen atoms in total. The molecule has 0 aliphatic carbocycles. The van der Waals surface area contributed by atoms with Gasteiger partial charge in [0.15, 0.2) is 0 Å². The molecule has 0 aliphatic rings. The molecule has 2 aromatic carbocycles. The van der Waals surface area contributed by atoms with Crippen molar-refractivity contribution in [3.8, 4) is 17.0 Å². The summed E-state index contributed by atoms with van der Waals surface area (Å²) in [6.45, 7) is 4.91. The molecule has 0 atom stereocenters. The Morgan fingerprint density at radius 2 is 1.88 bits per heavy atom. The SMILES string of the molecule is CCCOc1ccc(/C=N/Nc2nc(-c3ccccc3)c(C)s2)cc1. The van der Waals surface area contributed by atoms with E-state index in [9.17, 15) is 0 Å². The minimum absolute atomic E-state index is 0.738. The van der Waals surface area contributed by atoms with Crippen molar-refractivity contribution in [3.05, 3.63) is 65.0 Å². The molecule has 0 fully saturated rings. The highest BCUT2D eigenvalue weighted by Crippen LogP contribution is 2.30. The summed E-state index contributed by atoms with van der Waals surface area (Å²) >= 11 is 1.60. The molecule has 1 heterocycles. The molecule has 3 aromatic rings. The first kappa shape index (κ1) is 17.2. The highest BCUT2D eigenvalue weighted by Gasteiger charge is 2.08. The van der Waals surface area contributed by atoms with E-state index in [-0.39, 0.29) is 0 Å². The van der Waals surface area contributed by atoms with E-state index in [0.29, 0.717) is 0 Å². The third-order valence-corrected chi connectivity index (χ3v) is 4.45. The van der Waals surface area contributed by atoms with Crippen molar-refractivity contribution in [1.82, 2.24) is 4.98 Å². The fourth-order valence-electron chi connectivity index (χ4n) is 2.34. The first-order valence-corrected chi connectivity index (χ1v) is 9.12. The number of thiazole rings is 1. The molecule has 5 heteroatoms. The van der Waals surface area contributed by atoms with Crippen LogP contribution < -0.4 is 10.2 Å². The molecule has 0 amide bonds. The summed E-state index contributed by atoms with van der Waals surface area (Å²) in [6, 6.07) is 18.1. The van der Waals surface area contributed by atoms with Gasteiger partial charge in [0, 0.05) is 10.4 Å². The van der Waals surface area contributed by atoms with E-state index >= 15 is 0 Å². The summed E-state index contributed by atoms with van der Waals surface area (Å²) in [6.07, 6.45) is 2.79. The zero-order chi connectivity index (χ0) is 17.5. The third-order valence-electron chi connectivity index (χ3n) is 3.57. The van der Waals surface area contributed by atoms with Gasteiger partial charge in [0.2, 0.25) is 5.13 Å². The summed E-state index contributed by atoms with van der Waals surface area (Å²) < 4.78 is 5.57. The largest absolute Gasteiger partial charge is 0.494 e. The van der Waals surface area contributed by atoms with Gasteiger partial charge in [0.25, 0.3) is 0 Å². The molecular weight excluding hydrogens is 330 g/mol. The maximum absolute atomic E-state index is 5.57. The van der Waals surface area contributed by atoms with Crippen molar-refractivity contribution in [3.63, 3.8) is 0 Å². The van der Waals surface area contributed by atoms with Crippen LogP contribution in [0.15, 0.2) is 59.7 Å². The average molecular weight is 351 g/mol. The van der Waals surface area contributed by atoms with Gasteiger partial charge in [-0.3, -0.25) is 5.43 Å². The van der Waals surface area contributed by atoms with Crippen molar-refractivity contribution < 1.29 is 4.74 Å². The molecule has 3 rings (SSSR count). The lowest BCUT2D eigenvalue weighted by molar-refractivity contribution is 0.317. The molecule has 128 valence electrons. The molecule has 0 saturated carbocycles. The first-order chi connectivity index (χ1) is 12.3. The van der Waals surface area contributed by atoms with E-state index in [1.807, 2.05) is 42.5 Å². The molecule has 0 aliphatic heterocycles. The van der Waals surface area contributed by atoms with Crippen LogP contribution in [0.4, 0.5) is 5.13 Å². The van der Waals surface area contributed by atoms with Crippen molar-refractivity contribution in [2.24, 2.45) is 5.10 Å².